The first kappa shape index (κ1) is 24.4. The Hall–Kier alpha value is -2.91. The van der Waals surface area contributed by atoms with Gasteiger partial charge in [0.15, 0.2) is 6.20 Å². The van der Waals surface area contributed by atoms with Crippen LogP contribution in [0.3, 0.4) is 0 Å². The fraction of sp³-hybridized carbons (Fsp3) is 0.353. The van der Waals surface area contributed by atoms with Gasteiger partial charge in [-0.05, 0) is 70.2 Å². The quantitative estimate of drug-likeness (QED) is 0.172. The highest BCUT2D eigenvalue weighted by Gasteiger charge is 2.34. The van der Waals surface area contributed by atoms with Crippen LogP contribution >= 0.6 is 11.8 Å². The lowest BCUT2D eigenvalue weighted by atomic mass is 9.83. The van der Waals surface area contributed by atoms with Gasteiger partial charge in [0.05, 0.1) is 16.5 Å². The molecule has 0 unspecified atom stereocenters. The van der Waals surface area contributed by atoms with E-state index in [9.17, 15) is 0 Å². The number of rotatable bonds is 2. The van der Waals surface area contributed by atoms with Gasteiger partial charge in [-0.1, -0.05) is 77.6 Å². The van der Waals surface area contributed by atoms with Crippen LogP contribution in [-0.4, -0.2) is 4.98 Å². The molecule has 6 rings (SSSR count). The molecule has 5 aromatic rings. The molecular formula is C34H37N2S+. The molecule has 2 aromatic heterocycles. The Morgan fingerprint density at radius 1 is 0.865 bits per heavy atom. The maximum atomic E-state index is 4.94. The van der Waals surface area contributed by atoms with E-state index in [1.165, 1.54) is 64.7 Å². The van der Waals surface area contributed by atoms with Crippen molar-refractivity contribution < 1.29 is 4.57 Å². The van der Waals surface area contributed by atoms with Crippen LogP contribution in [0.2, 0.25) is 0 Å². The third-order valence-corrected chi connectivity index (χ3v) is 8.76. The SMILES string of the molecule is Cc1c2c(c(CC(C)(C)C)c3ncccc13)Sc1cc3cccc(CC(C)(C)C)c3c3cc[n+](C)c-2c13. The smallest absolute Gasteiger partial charge is 0.222 e. The molecule has 0 saturated carbocycles. The van der Waals surface area contributed by atoms with E-state index in [4.69, 9.17) is 4.98 Å². The van der Waals surface area contributed by atoms with Gasteiger partial charge in [-0.3, -0.25) is 4.98 Å². The van der Waals surface area contributed by atoms with Crippen molar-refractivity contribution in [2.75, 3.05) is 0 Å². The van der Waals surface area contributed by atoms with Gasteiger partial charge in [-0.2, -0.15) is 0 Å². The van der Waals surface area contributed by atoms with Crippen molar-refractivity contribution in [3.8, 4) is 11.3 Å². The Balaban J connectivity index is 1.77. The Morgan fingerprint density at radius 2 is 1.62 bits per heavy atom. The van der Waals surface area contributed by atoms with Gasteiger partial charge >= 0.3 is 0 Å². The van der Waals surface area contributed by atoms with Crippen LogP contribution in [0.25, 0.3) is 43.7 Å². The van der Waals surface area contributed by atoms with Gasteiger partial charge in [0.1, 0.15) is 7.05 Å². The largest absolute Gasteiger partial charge is 0.256 e. The molecule has 1 aliphatic heterocycles. The summed E-state index contributed by atoms with van der Waals surface area (Å²) < 4.78 is 2.35. The first-order chi connectivity index (χ1) is 17.4. The molecule has 0 amide bonds. The number of hydrogen-bond acceptors (Lipinski definition) is 2. The van der Waals surface area contributed by atoms with Gasteiger partial charge in [-0.25, -0.2) is 4.57 Å². The van der Waals surface area contributed by atoms with Gasteiger partial charge < -0.3 is 0 Å². The molecule has 3 aromatic carbocycles. The van der Waals surface area contributed by atoms with Crippen molar-refractivity contribution in [2.45, 2.75) is 71.1 Å². The van der Waals surface area contributed by atoms with Gasteiger partial charge in [-0.15, -0.1) is 0 Å². The standard InChI is InChI=1S/C34H37N2S/c1-20-23-13-10-15-35-30(23)25(19-34(5,6)7)32-27(20)31-29-24(14-16-36(31)8)28-21(17-26(29)37-32)11-9-12-22(28)18-33(2,3)4/h9-17H,18-19H2,1-8H3/q+1. The third-order valence-electron chi connectivity index (χ3n) is 7.56. The maximum absolute atomic E-state index is 4.94. The third kappa shape index (κ3) is 4.03. The molecule has 1 aliphatic rings. The summed E-state index contributed by atoms with van der Waals surface area (Å²) in [6, 6.07) is 16.0. The Bertz CT molecular complexity index is 1730. The molecule has 3 heteroatoms. The first-order valence-electron chi connectivity index (χ1n) is 13.4. The summed E-state index contributed by atoms with van der Waals surface area (Å²) in [5, 5.41) is 6.80. The minimum Gasteiger partial charge on any atom is -0.256 e. The predicted octanol–water partition coefficient (Wildman–Crippen LogP) is 8.98. The molecule has 0 atom stereocenters. The molecule has 0 radical (unpaired) electrons. The van der Waals surface area contributed by atoms with E-state index < -0.39 is 0 Å². The second-order valence-electron chi connectivity index (χ2n) is 13.2. The highest BCUT2D eigenvalue weighted by atomic mass is 32.2. The number of pyridine rings is 2. The molecule has 0 spiro atoms. The molecule has 0 fully saturated rings. The summed E-state index contributed by atoms with van der Waals surface area (Å²) in [6.45, 7) is 16.3. The van der Waals surface area contributed by atoms with E-state index >= 15 is 0 Å². The van der Waals surface area contributed by atoms with Crippen LogP contribution in [0.1, 0.15) is 58.2 Å². The summed E-state index contributed by atoms with van der Waals surface area (Å²) in [7, 11) is 2.21. The van der Waals surface area contributed by atoms with E-state index in [1.807, 2.05) is 18.0 Å². The molecule has 0 N–H and O–H groups in total. The van der Waals surface area contributed by atoms with Gasteiger partial charge in [0, 0.05) is 32.8 Å². The van der Waals surface area contributed by atoms with E-state index in [1.54, 1.807) is 0 Å². The first-order valence-corrected chi connectivity index (χ1v) is 14.2. The zero-order chi connectivity index (χ0) is 26.3. The number of hydrogen-bond donors (Lipinski definition) is 0. The second-order valence-corrected chi connectivity index (χ2v) is 14.3. The van der Waals surface area contributed by atoms with E-state index in [0.717, 1.165) is 18.4 Å². The minimum atomic E-state index is 0.160. The fourth-order valence-corrected chi connectivity index (χ4v) is 7.56. The molecule has 37 heavy (non-hydrogen) atoms. The summed E-state index contributed by atoms with van der Waals surface area (Å²) in [4.78, 5) is 7.69. The predicted molar refractivity (Wildman–Crippen MR) is 159 cm³/mol. The molecular weight excluding hydrogens is 468 g/mol. The van der Waals surface area contributed by atoms with Crippen LogP contribution in [0.5, 0.6) is 0 Å². The Labute approximate surface area is 225 Å². The normalized spacial score (nSPS) is 13.5. The molecule has 0 aliphatic carbocycles. The summed E-state index contributed by atoms with van der Waals surface area (Å²) in [5.74, 6) is 0. The van der Waals surface area contributed by atoms with Gasteiger partial charge in [0.2, 0.25) is 5.69 Å². The number of aromatic nitrogens is 2. The topological polar surface area (TPSA) is 16.8 Å². The lowest BCUT2D eigenvalue weighted by Crippen LogP contribution is -2.32. The number of fused-ring (bicyclic) bond motifs is 5. The lowest BCUT2D eigenvalue weighted by molar-refractivity contribution is -0.659. The zero-order valence-corrected chi connectivity index (χ0v) is 24.2. The maximum Gasteiger partial charge on any atom is 0.222 e. The number of nitrogens with zero attached hydrogens (tertiary/aromatic N) is 2. The molecule has 188 valence electrons. The molecule has 3 heterocycles. The monoisotopic (exact) mass is 505 g/mol. The Kier molecular flexibility index (Phi) is 5.48. The molecule has 2 nitrogen and oxygen atoms in total. The highest BCUT2D eigenvalue weighted by molar-refractivity contribution is 8.00. The van der Waals surface area contributed by atoms with Crippen molar-refractivity contribution >= 4 is 44.2 Å². The average Bonchev–Trinajstić information content (AvgIpc) is 2.81. The molecule has 0 bridgehead atoms. The average molecular weight is 506 g/mol. The van der Waals surface area contributed by atoms with Crippen molar-refractivity contribution in [1.82, 2.24) is 4.98 Å². The minimum absolute atomic E-state index is 0.160. The molecule has 0 saturated heterocycles. The van der Waals surface area contributed by atoms with Crippen LogP contribution in [0.15, 0.2) is 64.6 Å². The Morgan fingerprint density at radius 3 is 2.35 bits per heavy atom. The van der Waals surface area contributed by atoms with Crippen molar-refractivity contribution in [3.05, 3.63) is 71.5 Å². The summed E-state index contributed by atoms with van der Waals surface area (Å²) in [6.07, 6.45) is 6.27. The van der Waals surface area contributed by atoms with E-state index in [-0.39, 0.29) is 10.8 Å². The summed E-state index contributed by atoms with van der Waals surface area (Å²) >= 11 is 1.96. The fourth-order valence-electron chi connectivity index (χ4n) is 6.20. The lowest BCUT2D eigenvalue weighted by Gasteiger charge is -2.28. The van der Waals surface area contributed by atoms with Crippen molar-refractivity contribution in [1.29, 1.82) is 0 Å². The zero-order valence-electron chi connectivity index (χ0n) is 23.4. The van der Waals surface area contributed by atoms with E-state index in [2.05, 4.69) is 109 Å². The van der Waals surface area contributed by atoms with Crippen LogP contribution in [0, 0.1) is 17.8 Å². The second kappa shape index (κ2) is 8.30. The highest BCUT2D eigenvalue weighted by Crippen LogP contribution is 2.53. The van der Waals surface area contributed by atoms with Crippen LogP contribution in [-0.2, 0) is 19.9 Å². The van der Waals surface area contributed by atoms with Crippen LogP contribution < -0.4 is 4.57 Å². The van der Waals surface area contributed by atoms with Crippen molar-refractivity contribution in [2.24, 2.45) is 17.9 Å². The number of benzene rings is 3. The van der Waals surface area contributed by atoms with E-state index in [0.29, 0.717) is 0 Å². The van der Waals surface area contributed by atoms with Crippen molar-refractivity contribution in [3.63, 3.8) is 0 Å². The van der Waals surface area contributed by atoms with Gasteiger partial charge in [0.25, 0.3) is 0 Å². The summed E-state index contributed by atoms with van der Waals surface area (Å²) in [5.41, 5.74) is 8.44. The number of aryl methyl sites for hydroxylation is 2. The van der Waals surface area contributed by atoms with Crippen LogP contribution in [0.4, 0.5) is 0 Å².